The van der Waals surface area contributed by atoms with Crippen molar-refractivity contribution >= 4 is 0 Å². The number of nitrogens with one attached hydrogen (secondary N) is 1. The van der Waals surface area contributed by atoms with Gasteiger partial charge >= 0.3 is 0 Å². The predicted molar refractivity (Wildman–Crippen MR) is 52.6 cm³/mol. The van der Waals surface area contributed by atoms with Gasteiger partial charge in [0.25, 0.3) is 0 Å². The largest absolute Gasteiger partial charge is 0.311 e. The molecule has 0 spiro atoms. The molecule has 72 valence electrons. The summed E-state index contributed by atoms with van der Waals surface area (Å²) in [4.78, 5) is 0. The molecule has 3 nitrogen and oxygen atoms in total. The lowest BCUT2D eigenvalue weighted by Gasteiger charge is -2.00. The Hall–Kier alpha value is -0.830. The Bertz CT molecular complexity index is 265. The number of fused-ring (bicyclic) bond motifs is 1. The minimum Gasteiger partial charge on any atom is -0.311 e. The predicted octanol–water partition coefficient (Wildman–Crippen LogP) is 1.50. The second-order valence-electron chi connectivity index (χ2n) is 3.97. The smallest absolute Gasteiger partial charge is 0.0653 e. The Balaban J connectivity index is 2.27. The SMILES string of the molecule is CC(C)c1cc2n(n1)CCCNC2. The minimum atomic E-state index is 0.541. The van der Waals surface area contributed by atoms with Crippen LogP contribution >= 0.6 is 0 Å². The molecule has 1 N–H and O–H groups in total. The molecule has 0 amide bonds. The molecule has 1 aromatic heterocycles. The molecule has 2 rings (SSSR count). The van der Waals surface area contributed by atoms with Crippen molar-refractivity contribution in [3.05, 3.63) is 17.5 Å². The van der Waals surface area contributed by atoms with E-state index < -0.39 is 0 Å². The third-order valence-corrected chi connectivity index (χ3v) is 2.50. The van der Waals surface area contributed by atoms with Gasteiger partial charge in [0.05, 0.1) is 11.4 Å². The van der Waals surface area contributed by atoms with Gasteiger partial charge in [0.2, 0.25) is 0 Å². The van der Waals surface area contributed by atoms with Crippen LogP contribution in [0.25, 0.3) is 0 Å². The zero-order valence-corrected chi connectivity index (χ0v) is 8.38. The molecular formula is C10H17N3. The van der Waals surface area contributed by atoms with E-state index in [0.717, 1.165) is 19.6 Å². The van der Waals surface area contributed by atoms with Crippen LogP contribution in [0.15, 0.2) is 6.07 Å². The molecule has 3 heteroatoms. The van der Waals surface area contributed by atoms with Crippen molar-refractivity contribution in [1.29, 1.82) is 0 Å². The Kier molecular flexibility index (Phi) is 2.36. The average Bonchev–Trinajstić information content (AvgIpc) is 2.38. The van der Waals surface area contributed by atoms with Crippen LogP contribution in [0.5, 0.6) is 0 Å². The molecule has 1 aromatic rings. The van der Waals surface area contributed by atoms with Crippen molar-refractivity contribution in [1.82, 2.24) is 15.1 Å². The molecule has 0 unspecified atom stereocenters. The van der Waals surface area contributed by atoms with E-state index in [1.807, 2.05) is 0 Å². The maximum atomic E-state index is 4.59. The van der Waals surface area contributed by atoms with E-state index in [-0.39, 0.29) is 0 Å². The van der Waals surface area contributed by atoms with Crippen molar-refractivity contribution in [2.75, 3.05) is 6.54 Å². The number of hydrogen-bond donors (Lipinski definition) is 1. The highest BCUT2D eigenvalue weighted by atomic mass is 15.3. The van der Waals surface area contributed by atoms with E-state index in [0.29, 0.717) is 5.92 Å². The van der Waals surface area contributed by atoms with Gasteiger partial charge in [0, 0.05) is 13.1 Å². The van der Waals surface area contributed by atoms with Crippen LogP contribution in [-0.4, -0.2) is 16.3 Å². The first-order chi connectivity index (χ1) is 6.27. The Morgan fingerprint density at radius 3 is 3.15 bits per heavy atom. The van der Waals surface area contributed by atoms with Gasteiger partial charge in [0.1, 0.15) is 0 Å². The first kappa shape index (κ1) is 8.75. The molecule has 0 fully saturated rings. The van der Waals surface area contributed by atoms with Crippen molar-refractivity contribution in [3.63, 3.8) is 0 Å². The summed E-state index contributed by atoms with van der Waals surface area (Å²) in [5.74, 6) is 0.541. The second-order valence-corrected chi connectivity index (χ2v) is 3.97. The first-order valence-corrected chi connectivity index (χ1v) is 5.04. The van der Waals surface area contributed by atoms with Crippen LogP contribution in [0.2, 0.25) is 0 Å². The molecule has 0 saturated carbocycles. The highest BCUT2D eigenvalue weighted by Gasteiger charge is 2.11. The van der Waals surface area contributed by atoms with Gasteiger partial charge in [-0.25, -0.2) is 0 Å². The fourth-order valence-electron chi connectivity index (χ4n) is 1.67. The third-order valence-electron chi connectivity index (χ3n) is 2.50. The fourth-order valence-corrected chi connectivity index (χ4v) is 1.67. The van der Waals surface area contributed by atoms with E-state index in [2.05, 4.69) is 35.0 Å². The molecule has 0 atom stereocenters. The third kappa shape index (κ3) is 1.75. The summed E-state index contributed by atoms with van der Waals surface area (Å²) in [5, 5.41) is 7.98. The molecule has 1 aliphatic heterocycles. The summed E-state index contributed by atoms with van der Waals surface area (Å²) in [6, 6.07) is 2.23. The van der Waals surface area contributed by atoms with Crippen LogP contribution in [0.1, 0.15) is 37.6 Å². The van der Waals surface area contributed by atoms with Crippen LogP contribution < -0.4 is 5.32 Å². The number of hydrogen-bond acceptors (Lipinski definition) is 2. The second kappa shape index (κ2) is 3.50. The van der Waals surface area contributed by atoms with Gasteiger partial charge in [-0.1, -0.05) is 13.8 Å². The first-order valence-electron chi connectivity index (χ1n) is 5.04. The van der Waals surface area contributed by atoms with Crippen molar-refractivity contribution in [2.24, 2.45) is 0 Å². The van der Waals surface area contributed by atoms with Gasteiger partial charge in [-0.2, -0.15) is 5.10 Å². The molecule has 0 aromatic carbocycles. The number of nitrogens with zero attached hydrogens (tertiary/aromatic N) is 2. The highest BCUT2D eigenvalue weighted by molar-refractivity contribution is 5.13. The summed E-state index contributed by atoms with van der Waals surface area (Å²) >= 11 is 0. The summed E-state index contributed by atoms with van der Waals surface area (Å²) in [7, 11) is 0. The molecule has 0 bridgehead atoms. The summed E-state index contributed by atoms with van der Waals surface area (Å²) in [6.07, 6.45) is 1.19. The minimum absolute atomic E-state index is 0.541. The van der Waals surface area contributed by atoms with Gasteiger partial charge in [0.15, 0.2) is 0 Å². The van der Waals surface area contributed by atoms with Gasteiger partial charge < -0.3 is 5.32 Å². The standard InChI is InChI=1S/C10H17N3/c1-8(2)10-6-9-7-11-4-3-5-13(9)12-10/h6,8,11H,3-5,7H2,1-2H3. The molecule has 0 aliphatic carbocycles. The van der Waals surface area contributed by atoms with E-state index in [4.69, 9.17) is 0 Å². The van der Waals surface area contributed by atoms with Crippen LogP contribution in [0, 0.1) is 0 Å². The molecule has 0 radical (unpaired) electrons. The molecule has 13 heavy (non-hydrogen) atoms. The maximum Gasteiger partial charge on any atom is 0.0653 e. The molecule has 0 saturated heterocycles. The number of aryl methyl sites for hydroxylation is 1. The quantitative estimate of drug-likeness (QED) is 0.708. The lowest BCUT2D eigenvalue weighted by Crippen LogP contribution is -2.11. The van der Waals surface area contributed by atoms with E-state index >= 15 is 0 Å². The monoisotopic (exact) mass is 179 g/mol. The van der Waals surface area contributed by atoms with E-state index in [9.17, 15) is 0 Å². The summed E-state index contributed by atoms with van der Waals surface area (Å²) < 4.78 is 2.15. The fraction of sp³-hybridized carbons (Fsp3) is 0.700. The molecule has 1 aliphatic rings. The van der Waals surface area contributed by atoms with Gasteiger partial charge in [-0.3, -0.25) is 4.68 Å². The van der Waals surface area contributed by atoms with Gasteiger partial charge in [-0.15, -0.1) is 0 Å². The molecule has 2 heterocycles. The van der Waals surface area contributed by atoms with Crippen molar-refractivity contribution in [2.45, 2.75) is 39.3 Å². The normalized spacial score (nSPS) is 17.2. The van der Waals surface area contributed by atoms with Crippen LogP contribution in [0.4, 0.5) is 0 Å². The topological polar surface area (TPSA) is 29.9 Å². The number of rotatable bonds is 1. The highest BCUT2D eigenvalue weighted by Crippen LogP contribution is 2.15. The summed E-state index contributed by atoms with van der Waals surface area (Å²) in [5.41, 5.74) is 2.56. The zero-order chi connectivity index (χ0) is 9.26. The Morgan fingerprint density at radius 1 is 1.54 bits per heavy atom. The zero-order valence-electron chi connectivity index (χ0n) is 8.38. The van der Waals surface area contributed by atoms with Crippen LogP contribution in [-0.2, 0) is 13.1 Å². The molecular weight excluding hydrogens is 162 g/mol. The van der Waals surface area contributed by atoms with Crippen LogP contribution in [0.3, 0.4) is 0 Å². The summed E-state index contributed by atoms with van der Waals surface area (Å²) in [6.45, 7) is 7.53. The maximum absolute atomic E-state index is 4.59. The van der Waals surface area contributed by atoms with Crippen molar-refractivity contribution in [3.8, 4) is 0 Å². The van der Waals surface area contributed by atoms with E-state index in [1.54, 1.807) is 0 Å². The van der Waals surface area contributed by atoms with Gasteiger partial charge in [-0.05, 0) is 24.9 Å². The lowest BCUT2D eigenvalue weighted by atomic mass is 10.1. The van der Waals surface area contributed by atoms with Crippen molar-refractivity contribution < 1.29 is 0 Å². The lowest BCUT2D eigenvalue weighted by molar-refractivity contribution is 0.575. The van der Waals surface area contributed by atoms with E-state index in [1.165, 1.54) is 17.8 Å². The number of aromatic nitrogens is 2. The Morgan fingerprint density at radius 2 is 2.38 bits per heavy atom. The Labute approximate surface area is 79.1 Å². The average molecular weight is 179 g/mol.